The minimum Gasteiger partial charge on any atom is -0.393 e. The van der Waals surface area contributed by atoms with Crippen LogP contribution in [0.5, 0.6) is 0 Å². The van der Waals surface area contributed by atoms with Crippen LogP contribution in [0, 0.1) is 5.41 Å². The molecule has 8 nitrogen and oxygen atoms in total. The molecule has 7 rings (SSSR count). The Kier molecular flexibility index (Phi) is 5.08. The van der Waals surface area contributed by atoms with E-state index in [9.17, 15) is 18.7 Å². The molecule has 2 aliphatic heterocycles. The molecule has 2 aliphatic carbocycles. The average molecular weight is 511 g/mol. The van der Waals surface area contributed by atoms with Crippen LogP contribution in [0.2, 0.25) is 0 Å². The van der Waals surface area contributed by atoms with Crippen LogP contribution < -0.4 is 15.8 Å². The first-order valence-electron chi connectivity index (χ1n) is 13.3. The number of nitrogens with zero attached hydrogens (tertiary/aromatic N) is 5. The van der Waals surface area contributed by atoms with E-state index in [2.05, 4.69) is 33.2 Å². The summed E-state index contributed by atoms with van der Waals surface area (Å²) in [6, 6.07) is 5.60. The van der Waals surface area contributed by atoms with Crippen molar-refractivity contribution < 1.29 is 13.9 Å². The van der Waals surface area contributed by atoms with Gasteiger partial charge in [0.1, 0.15) is 5.65 Å². The van der Waals surface area contributed by atoms with Gasteiger partial charge < -0.3 is 20.2 Å². The summed E-state index contributed by atoms with van der Waals surface area (Å²) < 4.78 is 28.5. The lowest BCUT2D eigenvalue weighted by molar-refractivity contribution is -0.0794. The van der Waals surface area contributed by atoms with E-state index in [0.29, 0.717) is 42.1 Å². The number of benzene rings is 1. The summed E-state index contributed by atoms with van der Waals surface area (Å²) in [7, 11) is 2.15. The van der Waals surface area contributed by atoms with Crippen LogP contribution in [0.25, 0.3) is 21.8 Å². The van der Waals surface area contributed by atoms with Gasteiger partial charge in [0.15, 0.2) is 0 Å². The molecule has 2 aromatic heterocycles. The Bertz CT molecular complexity index is 1430. The fourth-order valence-corrected chi connectivity index (χ4v) is 7.03. The van der Waals surface area contributed by atoms with Gasteiger partial charge in [0.25, 0.3) is 11.5 Å². The molecule has 2 N–H and O–H groups in total. The monoisotopic (exact) mass is 510 g/mol. The molecule has 0 amide bonds. The number of anilines is 2. The number of fused-ring (bicyclic) bond motifs is 3. The Labute approximate surface area is 213 Å². The van der Waals surface area contributed by atoms with Crippen LogP contribution in [0.15, 0.2) is 29.2 Å². The lowest BCUT2D eigenvalue weighted by Crippen LogP contribution is -2.71. The maximum Gasteiger partial charge on any atom is 0.260 e. The summed E-state index contributed by atoms with van der Waals surface area (Å²) in [6.07, 6.45) is 3.52. The zero-order valence-corrected chi connectivity index (χ0v) is 21.0. The van der Waals surface area contributed by atoms with Crippen LogP contribution in [0.1, 0.15) is 44.6 Å². The van der Waals surface area contributed by atoms with Crippen LogP contribution in [-0.2, 0) is 0 Å². The summed E-state index contributed by atoms with van der Waals surface area (Å²) in [6.45, 7) is 4.25. The Balaban J connectivity index is 1.29. The average Bonchev–Trinajstić information content (AvgIpc) is 2.80. The van der Waals surface area contributed by atoms with Crippen LogP contribution in [0.3, 0.4) is 0 Å². The lowest BCUT2D eigenvalue weighted by Gasteiger charge is -2.60. The number of likely N-dealkylation sites (tertiary alicyclic amines) is 1. The molecule has 0 unspecified atom stereocenters. The third-order valence-corrected chi connectivity index (χ3v) is 8.82. The predicted octanol–water partition coefficient (Wildman–Crippen LogP) is 3.38. The van der Waals surface area contributed by atoms with Crippen molar-refractivity contribution in [1.82, 2.24) is 19.4 Å². The normalized spacial score (nSPS) is 27.2. The Morgan fingerprint density at radius 3 is 2.43 bits per heavy atom. The second-order valence-electron chi connectivity index (χ2n) is 11.9. The van der Waals surface area contributed by atoms with Gasteiger partial charge in [-0.05, 0) is 50.2 Å². The summed E-state index contributed by atoms with van der Waals surface area (Å²) in [5.41, 5.74) is 1.87. The van der Waals surface area contributed by atoms with Gasteiger partial charge in [0.05, 0.1) is 11.5 Å². The standard InChI is InChI=1S/C27H32F2N6O2/c1-33-12-26(13-33)14-34(15-26)18-4-7-20-21(8-18)24(37)35(17-2-5-19(36)6-3-17)23-22(20)11-30-25(32-23)31-16-9-27(28,29)10-16/h4,7-8,11,16-17,19,36H,2-3,5-6,9-10,12-15H2,1H3,(H,30,31,32)/t17-,19-. The molecule has 3 aromatic rings. The van der Waals surface area contributed by atoms with Crippen molar-refractivity contribution in [1.29, 1.82) is 0 Å². The highest BCUT2D eigenvalue weighted by molar-refractivity contribution is 6.05. The second kappa shape index (κ2) is 8.07. The van der Waals surface area contributed by atoms with E-state index < -0.39 is 5.92 Å². The first kappa shape index (κ1) is 23.3. The van der Waals surface area contributed by atoms with Gasteiger partial charge in [-0.3, -0.25) is 9.36 Å². The van der Waals surface area contributed by atoms with Gasteiger partial charge in [-0.2, -0.15) is 4.98 Å². The topological polar surface area (TPSA) is 86.5 Å². The van der Waals surface area contributed by atoms with E-state index in [1.807, 2.05) is 12.1 Å². The molecule has 4 heterocycles. The number of nitrogens with one attached hydrogen (secondary N) is 1. The van der Waals surface area contributed by atoms with Gasteiger partial charge in [-0.15, -0.1) is 0 Å². The van der Waals surface area contributed by atoms with Gasteiger partial charge >= 0.3 is 0 Å². The molecule has 0 bridgehead atoms. The smallest absolute Gasteiger partial charge is 0.260 e. The first-order chi connectivity index (χ1) is 17.7. The van der Waals surface area contributed by atoms with E-state index in [1.54, 1.807) is 10.8 Å². The van der Waals surface area contributed by atoms with Crippen molar-refractivity contribution in [2.75, 3.05) is 43.4 Å². The summed E-state index contributed by atoms with van der Waals surface area (Å²) in [5, 5.41) is 15.3. The number of hydrogen-bond acceptors (Lipinski definition) is 7. The summed E-state index contributed by atoms with van der Waals surface area (Å²) >= 11 is 0. The molecule has 1 spiro atoms. The van der Waals surface area contributed by atoms with Crippen molar-refractivity contribution in [3.63, 3.8) is 0 Å². The largest absolute Gasteiger partial charge is 0.393 e. The number of pyridine rings is 1. The molecule has 37 heavy (non-hydrogen) atoms. The number of alkyl halides is 2. The lowest BCUT2D eigenvalue weighted by atomic mass is 9.73. The van der Waals surface area contributed by atoms with Crippen molar-refractivity contribution in [3.05, 3.63) is 34.7 Å². The second-order valence-corrected chi connectivity index (χ2v) is 11.9. The molecule has 4 aliphatic rings. The number of aliphatic hydroxyl groups is 1. The molecular weight excluding hydrogens is 478 g/mol. The van der Waals surface area contributed by atoms with Crippen molar-refractivity contribution in [3.8, 4) is 0 Å². The molecule has 2 saturated heterocycles. The van der Waals surface area contributed by atoms with Crippen LogP contribution >= 0.6 is 0 Å². The van der Waals surface area contributed by atoms with E-state index in [-0.39, 0.29) is 42.5 Å². The highest BCUT2D eigenvalue weighted by Gasteiger charge is 2.50. The molecular formula is C27H32F2N6O2. The maximum absolute atomic E-state index is 14.0. The van der Waals surface area contributed by atoms with E-state index in [4.69, 9.17) is 4.98 Å². The molecule has 4 fully saturated rings. The number of rotatable bonds is 4. The van der Waals surface area contributed by atoms with Gasteiger partial charge in [-0.1, -0.05) is 6.07 Å². The number of aliphatic hydroxyl groups excluding tert-OH is 1. The van der Waals surface area contributed by atoms with E-state index in [0.717, 1.165) is 42.6 Å². The molecule has 196 valence electrons. The van der Waals surface area contributed by atoms with Crippen molar-refractivity contribution in [2.45, 2.75) is 62.6 Å². The highest BCUT2D eigenvalue weighted by atomic mass is 19.3. The molecule has 0 radical (unpaired) electrons. The third kappa shape index (κ3) is 3.87. The van der Waals surface area contributed by atoms with Crippen LogP contribution in [0.4, 0.5) is 20.4 Å². The first-order valence-corrected chi connectivity index (χ1v) is 13.3. The predicted molar refractivity (Wildman–Crippen MR) is 139 cm³/mol. The van der Waals surface area contributed by atoms with Gasteiger partial charge in [-0.25, -0.2) is 13.8 Å². The third-order valence-electron chi connectivity index (χ3n) is 8.82. The molecule has 2 saturated carbocycles. The Morgan fingerprint density at radius 1 is 1.03 bits per heavy atom. The number of hydrogen-bond donors (Lipinski definition) is 2. The minimum absolute atomic E-state index is 0.0833. The zero-order chi connectivity index (χ0) is 25.5. The van der Waals surface area contributed by atoms with E-state index >= 15 is 0 Å². The highest BCUT2D eigenvalue weighted by Crippen LogP contribution is 2.42. The Hall–Kier alpha value is -2.85. The van der Waals surface area contributed by atoms with Gasteiger partial charge in [0, 0.05) is 73.8 Å². The fraction of sp³-hybridized carbons (Fsp3) is 0.593. The minimum atomic E-state index is -2.64. The summed E-state index contributed by atoms with van der Waals surface area (Å²) in [5.74, 6) is -2.37. The van der Waals surface area contributed by atoms with Gasteiger partial charge in [0.2, 0.25) is 5.95 Å². The zero-order valence-electron chi connectivity index (χ0n) is 21.0. The molecule has 10 heteroatoms. The SMILES string of the molecule is CN1CC2(C1)CN(c1ccc3c(c1)c(=O)n([C@H]1CC[C@H](O)CC1)c1nc(NC4CC(F)(F)C4)ncc31)C2. The fourth-order valence-electron chi connectivity index (χ4n) is 7.03. The number of aromatic nitrogens is 3. The molecule has 1 aromatic carbocycles. The quantitative estimate of drug-likeness (QED) is 0.521. The van der Waals surface area contributed by atoms with E-state index in [1.165, 1.54) is 0 Å². The number of halogens is 2. The van der Waals surface area contributed by atoms with Crippen molar-refractivity contribution >= 4 is 33.4 Å². The maximum atomic E-state index is 14.0. The molecule has 0 atom stereocenters. The van der Waals surface area contributed by atoms with Crippen LogP contribution in [-0.4, -0.2) is 75.8 Å². The van der Waals surface area contributed by atoms with Crippen molar-refractivity contribution in [2.24, 2.45) is 5.41 Å². The Morgan fingerprint density at radius 2 is 1.76 bits per heavy atom. The summed E-state index contributed by atoms with van der Waals surface area (Å²) in [4.78, 5) is 27.8.